The van der Waals surface area contributed by atoms with Gasteiger partial charge in [-0.25, -0.2) is 0 Å². The summed E-state index contributed by atoms with van der Waals surface area (Å²) in [4.78, 5) is 0. The van der Waals surface area contributed by atoms with Gasteiger partial charge < -0.3 is 10.4 Å². The van der Waals surface area contributed by atoms with Crippen LogP contribution >= 0.6 is 0 Å². The van der Waals surface area contributed by atoms with Gasteiger partial charge in [-0.15, -0.1) is 0 Å². The van der Waals surface area contributed by atoms with E-state index in [0.717, 1.165) is 12.8 Å². The highest BCUT2D eigenvalue weighted by Gasteiger charge is 2.13. The topological polar surface area (TPSA) is 32.3 Å². The Morgan fingerprint density at radius 1 is 1.27 bits per heavy atom. The molecule has 0 heterocycles. The van der Waals surface area contributed by atoms with Crippen LogP contribution in [-0.4, -0.2) is 23.8 Å². The molecule has 2 nitrogen and oxygen atoms in total. The third-order valence-corrected chi connectivity index (χ3v) is 2.65. The highest BCUT2D eigenvalue weighted by atomic mass is 16.3. The smallest absolute Gasteiger partial charge is 0.0587 e. The first-order chi connectivity index (χ1) is 6.97. The summed E-state index contributed by atoms with van der Waals surface area (Å²) < 4.78 is 0. The van der Waals surface area contributed by atoms with Gasteiger partial charge in [-0.2, -0.15) is 0 Å². The highest BCUT2D eigenvalue weighted by Crippen LogP contribution is 2.06. The van der Waals surface area contributed by atoms with Crippen LogP contribution in [0.15, 0.2) is 11.6 Å². The Morgan fingerprint density at radius 3 is 2.27 bits per heavy atom. The summed E-state index contributed by atoms with van der Waals surface area (Å²) in [6.45, 7) is 10.9. The van der Waals surface area contributed by atoms with Crippen LogP contribution in [0, 0.1) is 5.92 Å². The van der Waals surface area contributed by atoms with Crippen molar-refractivity contribution in [3.05, 3.63) is 11.6 Å². The number of rotatable bonds is 7. The van der Waals surface area contributed by atoms with Crippen molar-refractivity contribution in [2.45, 2.75) is 59.5 Å². The molecule has 0 rings (SSSR count). The summed E-state index contributed by atoms with van der Waals surface area (Å²) in [6.07, 6.45) is 4.52. The fraction of sp³-hybridized carbons (Fsp3) is 0.846. The maximum Gasteiger partial charge on any atom is 0.0587 e. The van der Waals surface area contributed by atoms with Gasteiger partial charge in [0.05, 0.1) is 6.61 Å². The number of hydrogen-bond acceptors (Lipinski definition) is 2. The molecule has 0 aliphatic heterocycles. The van der Waals surface area contributed by atoms with E-state index in [1.165, 1.54) is 5.57 Å². The zero-order chi connectivity index (χ0) is 11.8. The van der Waals surface area contributed by atoms with Gasteiger partial charge in [0.1, 0.15) is 0 Å². The lowest BCUT2D eigenvalue weighted by Crippen LogP contribution is -2.42. The molecule has 0 aliphatic rings. The van der Waals surface area contributed by atoms with E-state index in [0.29, 0.717) is 12.0 Å². The second kappa shape index (κ2) is 7.89. The largest absolute Gasteiger partial charge is 0.395 e. The molecule has 0 saturated carbocycles. The average Bonchev–Trinajstić information content (AvgIpc) is 2.13. The molecule has 0 amide bonds. The molecule has 0 fully saturated rings. The maximum atomic E-state index is 9.18. The summed E-state index contributed by atoms with van der Waals surface area (Å²) in [5.74, 6) is 0.487. The minimum absolute atomic E-state index is 0.227. The number of allylic oxidation sites excluding steroid dienone is 2. The standard InChI is InChI=1S/C13H27NO/c1-10(2)7-6-8-12(5)14-13(9-15)11(3)4/h7,11-15H,6,8-9H2,1-5H3/t12?,13-/m1/s1. The Balaban J connectivity index is 3.81. The molecule has 2 heteroatoms. The molecule has 0 spiro atoms. The first kappa shape index (κ1) is 14.7. The monoisotopic (exact) mass is 213 g/mol. The van der Waals surface area contributed by atoms with E-state index in [-0.39, 0.29) is 12.6 Å². The molecule has 1 unspecified atom stereocenters. The quantitative estimate of drug-likeness (QED) is 0.637. The summed E-state index contributed by atoms with van der Waals surface area (Å²) in [6, 6.07) is 0.701. The van der Waals surface area contributed by atoms with E-state index in [9.17, 15) is 5.11 Å². The fourth-order valence-corrected chi connectivity index (χ4v) is 1.53. The van der Waals surface area contributed by atoms with Crippen LogP contribution in [0.4, 0.5) is 0 Å². The summed E-state index contributed by atoms with van der Waals surface area (Å²) >= 11 is 0. The molecular weight excluding hydrogens is 186 g/mol. The molecule has 2 N–H and O–H groups in total. The first-order valence-corrected chi connectivity index (χ1v) is 5.97. The lowest BCUT2D eigenvalue weighted by molar-refractivity contribution is 0.199. The van der Waals surface area contributed by atoms with Crippen LogP contribution in [0.5, 0.6) is 0 Å². The van der Waals surface area contributed by atoms with E-state index in [2.05, 4.69) is 46.0 Å². The van der Waals surface area contributed by atoms with Crippen LogP contribution < -0.4 is 5.32 Å². The molecule has 0 bridgehead atoms. The minimum atomic E-state index is 0.227. The van der Waals surface area contributed by atoms with Crippen molar-refractivity contribution in [2.75, 3.05) is 6.61 Å². The SMILES string of the molecule is CC(C)=CCCC(C)N[C@H](CO)C(C)C. The van der Waals surface area contributed by atoms with Crippen molar-refractivity contribution < 1.29 is 5.11 Å². The lowest BCUT2D eigenvalue weighted by atomic mass is 10.0. The van der Waals surface area contributed by atoms with Crippen LogP contribution in [-0.2, 0) is 0 Å². The number of aliphatic hydroxyl groups excluding tert-OH is 1. The van der Waals surface area contributed by atoms with Crippen molar-refractivity contribution in [3.63, 3.8) is 0 Å². The van der Waals surface area contributed by atoms with Crippen molar-refractivity contribution >= 4 is 0 Å². The lowest BCUT2D eigenvalue weighted by Gasteiger charge is -2.24. The van der Waals surface area contributed by atoms with Crippen LogP contribution in [0.1, 0.15) is 47.5 Å². The van der Waals surface area contributed by atoms with Crippen molar-refractivity contribution in [1.29, 1.82) is 0 Å². The third-order valence-electron chi connectivity index (χ3n) is 2.65. The molecule has 15 heavy (non-hydrogen) atoms. The zero-order valence-electron chi connectivity index (χ0n) is 10.9. The molecule has 0 aliphatic carbocycles. The highest BCUT2D eigenvalue weighted by molar-refractivity contribution is 4.93. The predicted molar refractivity (Wildman–Crippen MR) is 67.0 cm³/mol. The van der Waals surface area contributed by atoms with Crippen molar-refractivity contribution in [2.24, 2.45) is 5.92 Å². The van der Waals surface area contributed by atoms with E-state index < -0.39 is 0 Å². The van der Waals surface area contributed by atoms with Crippen molar-refractivity contribution in [3.8, 4) is 0 Å². The second-order valence-corrected chi connectivity index (χ2v) is 4.96. The number of nitrogens with one attached hydrogen (secondary N) is 1. The Morgan fingerprint density at radius 2 is 1.87 bits per heavy atom. The van der Waals surface area contributed by atoms with Crippen LogP contribution in [0.2, 0.25) is 0 Å². The molecule has 0 aromatic carbocycles. The molecule has 0 aromatic rings. The fourth-order valence-electron chi connectivity index (χ4n) is 1.53. The van der Waals surface area contributed by atoms with Crippen LogP contribution in [0.3, 0.4) is 0 Å². The first-order valence-electron chi connectivity index (χ1n) is 5.97. The third kappa shape index (κ3) is 7.57. The van der Waals surface area contributed by atoms with E-state index in [1.54, 1.807) is 0 Å². The average molecular weight is 213 g/mol. The van der Waals surface area contributed by atoms with E-state index in [1.807, 2.05) is 0 Å². The van der Waals surface area contributed by atoms with Gasteiger partial charge >= 0.3 is 0 Å². The summed E-state index contributed by atoms with van der Waals surface area (Å²) in [7, 11) is 0. The minimum Gasteiger partial charge on any atom is -0.395 e. The van der Waals surface area contributed by atoms with Crippen LogP contribution in [0.25, 0.3) is 0 Å². The molecule has 0 aromatic heterocycles. The second-order valence-electron chi connectivity index (χ2n) is 4.96. The Bertz CT molecular complexity index is 183. The van der Waals surface area contributed by atoms with E-state index in [4.69, 9.17) is 0 Å². The van der Waals surface area contributed by atoms with Gasteiger partial charge in [-0.05, 0) is 39.5 Å². The normalized spacial score (nSPS) is 15.1. The van der Waals surface area contributed by atoms with Gasteiger partial charge in [0.2, 0.25) is 0 Å². The Labute approximate surface area is 94.8 Å². The Kier molecular flexibility index (Phi) is 7.71. The summed E-state index contributed by atoms with van der Waals surface area (Å²) in [5, 5.41) is 12.6. The van der Waals surface area contributed by atoms with Gasteiger partial charge in [-0.3, -0.25) is 0 Å². The summed E-state index contributed by atoms with van der Waals surface area (Å²) in [5.41, 5.74) is 1.38. The Hall–Kier alpha value is -0.340. The number of hydrogen-bond donors (Lipinski definition) is 2. The number of aliphatic hydroxyl groups is 1. The van der Waals surface area contributed by atoms with E-state index >= 15 is 0 Å². The molecule has 0 saturated heterocycles. The van der Waals surface area contributed by atoms with Gasteiger partial charge in [0, 0.05) is 12.1 Å². The molecule has 0 radical (unpaired) electrons. The predicted octanol–water partition coefficient (Wildman–Crippen LogP) is 2.73. The van der Waals surface area contributed by atoms with Crippen molar-refractivity contribution in [1.82, 2.24) is 5.32 Å². The molecule has 90 valence electrons. The van der Waals surface area contributed by atoms with Gasteiger partial charge in [0.15, 0.2) is 0 Å². The zero-order valence-corrected chi connectivity index (χ0v) is 10.9. The molecule has 2 atom stereocenters. The van der Waals surface area contributed by atoms with Gasteiger partial charge in [-0.1, -0.05) is 25.5 Å². The van der Waals surface area contributed by atoms with Gasteiger partial charge in [0.25, 0.3) is 0 Å². The molecular formula is C13H27NO. The maximum absolute atomic E-state index is 9.18.